The van der Waals surface area contributed by atoms with Crippen LogP contribution in [-0.2, 0) is 6.42 Å². The Morgan fingerprint density at radius 2 is 1.96 bits per heavy atom. The van der Waals surface area contributed by atoms with Gasteiger partial charge < -0.3 is 4.74 Å². The number of benzene rings is 2. The highest BCUT2D eigenvalue weighted by molar-refractivity contribution is 6.33. The molecule has 0 aliphatic carbocycles. The molecule has 1 N–H and O–H groups in total. The van der Waals surface area contributed by atoms with E-state index in [0.29, 0.717) is 34.6 Å². The van der Waals surface area contributed by atoms with E-state index in [1.54, 1.807) is 18.2 Å². The first-order valence-corrected chi connectivity index (χ1v) is 8.76. The van der Waals surface area contributed by atoms with Crippen LogP contribution in [0.25, 0.3) is 0 Å². The van der Waals surface area contributed by atoms with Crippen LogP contribution in [0, 0.1) is 11.3 Å². The van der Waals surface area contributed by atoms with Crippen LogP contribution in [0.3, 0.4) is 0 Å². The number of para-hydroxylation sites is 1. The van der Waals surface area contributed by atoms with Crippen LogP contribution >= 0.6 is 23.2 Å². The molecule has 2 aromatic rings. The van der Waals surface area contributed by atoms with Gasteiger partial charge in [-0.25, -0.2) is 0 Å². The number of rotatable bonds is 4. The minimum Gasteiger partial charge on any atom is -0.494 e. The molecule has 0 saturated carbocycles. The van der Waals surface area contributed by atoms with E-state index in [9.17, 15) is 0 Å². The van der Waals surface area contributed by atoms with Gasteiger partial charge in [0.25, 0.3) is 0 Å². The molecule has 0 saturated heterocycles. The van der Waals surface area contributed by atoms with Crippen molar-refractivity contribution < 1.29 is 4.74 Å². The highest BCUT2D eigenvalue weighted by Crippen LogP contribution is 2.32. The highest BCUT2D eigenvalue weighted by Gasteiger charge is 2.28. The SMILES string of the molecule is COc1c(Cl)cccc1C1=NN(C(=N)Cc2ccc(Cl)cc2)CC1C. The van der Waals surface area contributed by atoms with E-state index in [4.69, 9.17) is 33.3 Å². The van der Waals surface area contributed by atoms with Crippen LogP contribution in [0.4, 0.5) is 0 Å². The van der Waals surface area contributed by atoms with E-state index in [2.05, 4.69) is 12.0 Å². The largest absolute Gasteiger partial charge is 0.494 e. The average molecular weight is 376 g/mol. The normalized spacial score (nSPS) is 16.7. The fraction of sp³-hybridized carbons (Fsp3) is 0.263. The zero-order valence-electron chi connectivity index (χ0n) is 14.1. The summed E-state index contributed by atoms with van der Waals surface area (Å²) in [7, 11) is 1.60. The van der Waals surface area contributed by atoms with Crippen LogP contribution in [-0.4, -0.2) is 30.2 Å². The second-order valence-electron chi connectivity index (χ2n) is 6.04. The van der Waals surface area contributed by atoms with E-state index < -0.39 is 0 Å². The lowest BCUT2D eigenvalue weighted by molar-refractivity contribution is 0.414. The minimum absolute atomic E-state index is 0.179. The van der Waals surface area contributed by atoms with Crippen molar-refractivity contribution in [2.24, 2.45) is 11.0 Å². The molecule has 1 aliphatic rings. The number of hydrogen-bond donors (Lipinski definition) is 1. The predicted molar refractivity (Wildman–Crippen MR) is 103 cm³/mol. The molecule has 1 unspecified atom stereocenters. The molecule has 3 rings (SSSR count). The second-order valence-corrected chi connectivity index (χ2v) is 6.88. The van der Waals surface area contributed by atoms with Crippen molar-refractivity contribution >= 4 is 34.7 Å². The molecule has 0 amide bonds. The van der Waals surface area contributed by atoms with Gasteiger partial charge in [-0.15, -0.1) is 0 Å². The first-order valence-electron chi connectivity index (χ1n) is 8.00. The molecular weight excluding hydrogens is 357 g/mol. The van der Waals surface area contributed by atoms with Gasteiger partial charge >= 0.3 is 0 Å². The van der Waals surface area contributed by atoms with Crippen molar-refractivity contribution in [3.63, 3.8) is 0 Å². The summed E-state index contributed by atoms with van der Waals surface area (Å²) in [6, 6.07) is 13.2. The number of hydrazone groups is 1. The third-order valence-electron chi connectivity index (χ3n) is 4.19. The molecule has 130 valence electrons. The van der Waals surface area contributed by atoms with E-state index in [1.165, 1.54) is 0 Å². The van der Waals surface area contributed by atoms with Gasteiger partial charge in [-0.05, 0) is 29.8 Å². The van der Waals surface area contributed by atoms with Gasteiger partial charge in [-0.1, -0.05) is 48.3 Å². The zero-order chi connectivity index (χ0) is 18.0. The third kappa shape index (κ3) is 3.80. The van der Waals surface area contributed by atoms with Crippen LogP contribution in [0.5, 0.6) is 5.75 Å². The molecule has 0 bridgehead atoms. The fourth-order valence-electron chi connectivity index (χ4n) is 2.91. The molecule has 1 atom stereocenters. The Bertz CT molecular complexity index is 818. The summed E-state index contributed by atoms with van der Waals surface area (Å²) < 4.78 is 5.44. The maximum absolute atomic E-state index is 8.39. The summed E-state index contributed by atoms with van der Waals surface area (Å²) >= 11 is 12.1. The molecule has 0 spiro atoms. The number of nitrogens with zero attached hydrogens (tertiary/aromatic N) is 2. The van der Waals surface area contributed by atoms with Crippen molar-refractivity contribution in [3.8, 4) is 5.75 Å². The van der Waals surface area contributed by atoms with Gasteiger partial charge in [0.05, 0.1) is 24.4 Å². The molecule has 4 nitrogen and oxygen atoms in total. The van der Waals surface area contributed by atoms with Crippen LogP contribution in [0.15, 0.2) is 47.6 Å². The van der Waals surface area contributed by atoms with Gasteiger partial charge in [0.2, 0.25) is 0 Å². The Morgan fingerprint density at radius 3 is 2.64 bits per heavy atom. The number of halogens is 2. The molecule has 1 aliphatic heterocycles. The quantitative estimate of drug-likeness (QED) is 0.611. The second kappa shape index (κ2) is 7.46. The van der Waals surface area contributed by atoms with Crippen molar-refractivity contribution in [2.75, 3.05) is 13.7 Å². The Kier molecular flexibility index (Phi) is 5.30. The van der Waals surface area contributed by atoms with Crippen molar-refractivity contribution in [1.29, 1.82) is 5.41 Å². The topological polar surface area (TPSA) is 48.7 Å². The van der Waals surface area contributed by atoms with E-state index in [-0.39, 0.29) is 5.92 Å². The standard InChI is InChI=1S/C19H19Cl2N3O/c1-12-11-24(17(22)10-13-6-8-14(20)9-7-13)23-18(12)15-4-3-5-16(21)19(15)25-2/h3-9,12,22H,10-11H2,1-2H3. The molecule has 6 heteroatoms. The van der Waals surface area contributed by atoms with Crippen LogP contribution in [0.1, 0.15) is 18.1 Å². The fourth-order valence-corrected chi connectivity index (χ4v) is 3.29. The lowest BCUT2D eigenvalue weighted by Crippen LogP contribution is -2.26. The number of amidine groups is 1. The Labute approximate surface area is 157 Å². The molecule has 1 heterocycles. The van der Waals surface area contributed by atoms with E-state index in [0.717, 1.165) is 16.8 Å². The van der Waals surface area contributed by atoms with Gasteiger partial charge in [0.15, 0.2) is 0 Å². The maximum Gasteiger partial charge on any atom is 0.146 e. The number of hydrogen-bond acceptors (Lipinski definition) is 3. The molecule has 0 radical (unpaired) electrons. The molecular formula is C19H19Cl2N3O. The van der Waals surface area contributed by atoms with E-state index in [1.807, 2.05) is 36.4 Å². The lowest BCUT2D eigenvalue weighted by atomic mass is 9.98. The summed E-state index contributed by atoms with van der Waals surface area (Å²) in [6.07, 6.45) is 0.507. The first kappa shape index (κ1) is 17.8. The lowest BCUT2D eigenvalue weighted by Gasteiger charge is -2.15. The number of ether oxygens (including phenoxy) is 1. The average Bonchev–Trinajstić information content (AvgIpc) is 2.98. The van der Waals surface area contributed by atoms with Crippen molar-refractivity contribution in [3.05, 3.63) is 63.6 Å². The molecule has 25 heavy (non-hydrogen) atoms. The number of methoxy groups -OCH3 is 1. The molecule has 0 aromatic heterocycles. The smallest absolute Gasteiger partial charge is 0.146 e. The summed E-state index contributed by atoms with van der Waals surface area (Å²) in [5.74, 6) is 1.25. The van der Waals surface area contributed by atoms with Crippen molar-refractivity contribution in [1.82, 2.24) is 5.01 Å². The summed E-state index contributed by atoms with van der Waals surface area (Å²) in [5.41, 5.74) is 2.80. The van der Waals surface area contributed by atoms with Gasteiger partial charge in [-0.2, -0.15) is 5.10 Å². The highest BCUT2D eigenvalue weighted by atomic mass is 35.5. The maximum atomic E-state index is 8.39. The third-order valence-corrected chi connectivity index (χ3v) is 4.74. The summed E-state index contributed by atoms with van der Waals surface area (Å²) in [6.45, 7) is 2.76. The minimum atomic E-state index is 0.179. The predicted octanol–water partition coefficient (Wildman–Crippen LogP) is 4.88. The van der Waals surface area contributed by atoms with Gasteiger partial charge in [0.1, 0.15) is 11.6 Å². The molecule has 0 fully saturated rings. The van der Waals surface area contributed by atoms with Gasteiger partial charge in [0, 0.05) is 22.9 Å². The van der Waals surface area contributed by atoms with Crippen molar-refractivity contribution in [2.45, 2.75) is 13.3 Å². The monoisotopic (exact) mass is 375 g/mol. The Morgan fingerprint density at radius 1 is 1.24 bits per heavy atom. The first-order chi connectivity index (χ1) is 12.0. The molecule has 2 aromatic carbocycles. The zero-order valence-corrected chi connectivity index (χ0v) is 15.6. The van der Waals surface area contributed by atoms with Gasteiger partial charge in [-0.3, -0.25) is 10.4 Å². The van der Waals surface area contributed by atoms with Crippen LogP contribution in [0.2, 0.25) is 10.0 Å². The summed E-state index contributed by atoms with van der Waals surface area (Å²) in [5, 5.41) is 16.1. The van der Waals surface area contributed by atoms with Crippen LogP contribution < -0.4 is 4.74 Å². The summed E-state index contributed by atoms with van der Waals surface area (Å²) in [4.78, 5) is 0. The number of nitrogens with one attached hydrogen (secondary N) is 1. The Hall–Kier alpha value is -2.04. The van der Waals surface area contributed by atoms with E-state index >= 15 is 0 Å². The Balaban J connectivity index is 1.82.